The highest BCUT2D eigenvalue weighted by Crippen LogP contribution is 2.34. The molecular formula is C31H34F3N3O5S. The minimum Gasteiger partial charge on any atom is -0.406 e. The van der Waals surface area contributed by atoms with Gasteiger partial charge in [-0.05, 0) is 97.3 Å². The number of ether oxygens (including phenoxy) is 1. The lowest BCUT2D eigenvalue weighted by Crippen LogP contribution is -2.40. The first-order valence-electron chi connectivity index (χ1n) is 14.2. The molecule has 1 fully saturated rings. The lowest BCUT2D eigenvalue weighted by Gasteiger charge is -2.31. The maximum absolute atomic E-state index is 13.4. The number of hydrogen-bond donors (Lipinski definition) is 3. The van der Waals surface area contributed by atoms with E-state index in [1.807, 2.05) is 17.9 Å². The number of nitrogens with one attached hydrogen (secondary N) is 2. The van der Waals surface area contributed by atoms with E-state index in [2.05, 4.69) is 14.8 Å². The van der Waals surface area contributed by atoms with Gasteiger partial charge in [0.25, 0.3) is 0 Å². The summed E-state index contributed by atoms with van der Waals surface area (Å²) in [5.74, 6) is -0.589. The van der Waals surface area contributed by atoms with Crippen LogP contribution in [0, 0.1) is 0 Å². The number of halogens is 3. The summed E-state index contributed by atoms with van der Waals surface area (Å²) in [5.41, 5.74) is 3.52. The zero-order chi connectivity index (χ0) is 30.8. The Labute approximate surface area is 248 Å². The van der Waals surface area contributed by atoms with Crippen LogP contribution < -0.4 is 14.8 Å². The van der Waals surface area contributed by atoms with Crippen molar-refractivity contribution >= 4 is 21.6 Å². The number of aliphatic hydroxyl groups excluding tert-OH is 1. The number of nitrogens with zero attached hydrogens (tertiary/aromatic N) is 1. The van der Waals surface area contributed by atoms with E-state index in [4.69, 9.17) is 0 Å². The molecular weight excluding hydrogens is 583 g/mol. The molecule has 2 aliphatic rings. The summed E-state index contributed by atoms with van der Waals surface area (Å²) in [4.78, 5) is 15.4. The number of amides is 1. The molecule has 3 aromatic rings. The van der Waals surface area contributed by atoms with Crippen LogP contribution >= 0.6 is 0 Å². The molecule has 1 aliphatic carbocycles. The Bertz CT molecular complexity index is 1560. The largest absolute Gasteiger partial charge is 0.573 e. The molecule has 3 atom stereocenters. The highest BCUT2D eigenvalue weighted by atomic mass is 32.2. The number of aliphatic hydroxyl groups is 1. The molecule has 1 amide bonds. The van der Waals surface area contributed by atoms with Gasteiger partial charge in [0.05, 0.1) is 23.1 Å². The maximum Gasteiger partial charge on any atom is 0.573 e. The second-order valence-corrected chi connectivity index (χ2v) is 12.6. The molecule has 8 nitrogen and oxygen atoms in total. The van der Waals surface area contributed by atoms with Crippen LogP contribution in [0.25, 0.3) is 0 Å². The van der Waals surface area contributed by atoms with E-state index in [0.717, 1.165) is 24.0 Å². The van der Waals surface area contributed by atoms with E-state index in [1.54, 1.807) is 42.5 Å². The number of benzene rings is 3. The highest BCUT2D eigenvalue weighted by molar-refractivity contribution is 7.89. The van der Waals surface area contributed by atoms with Gasteiger partial charge in [0.1, 0.15) is 5.75 Å². The molecule has 0 radical (unpaired) electrons. The van der Waals surface area contributed by atoms with E-state index >= 15 is 0 Å². The number of sulfonamides is 1. The zero-order valence-electron chi connectivity index (χ0n) is 23.6. The van der Waals surface area contributed by atoms with Crippen LogP contribution in [0.4, 0.5) is 18.9 Å². The third-order valence-electron chi connectivity index (χ3n) is 7.95. The normalized spacial score (nSPS) is 20.9. The molecule has 230 valence electrons. The summed E-state index contributed by atoms with van der Waals surface area (Å²) in [6.07, 6.45) is -2.71. The van der Waals surface area contributed by atoms with Crippen molar-refractivity contribution in [3.63, 3.8) is 0 Å². The van der Waals surface area contributed by atoms with Crippen LogP contribution in [0.15, 0.2) is 71.6 Å². The number of rotatable bonds is 9. The number of likely N-dealkylation sites (tertiary alicyclic amines) is 1. The number of anilines is 1. The third kappa shape index (κ3) is 7.56. The standard InChI is InChI=1S/C31H34F3N3O5S/c1-2-20-8-13-25(14-9-20)43(40,41)36-29-26-18-23(12-10-22(26)11-15-28(29)38)35-30(39)27-7-4-16-37(27)19-21-5-3-6-24(17-21)42-31(32,33)34/h3,5-6,8-10,12-14,17-18,27-29,36,38H,2,4,7,11,15-16,19H2,1H3,(H,35,39)/t27-,28-,29-/m1/s1. The molecule has 0 saturated carbocycles. The molecule has 1 heterocycles. The van der Waals surface area contributed by atoms with Gasteiger partial charge >= 0.3 is 6.36 Å². The second kappa shape index (κ2) is 12.7. The molecule has 0 spiro atoms. The summed E-state index contributed by atoms with van der Waals surface area (Å²) in [6.45, 7) is 2.85. The molecule has 0 bridgehead atoms. The van der Waals surface area contributed by atoms with E-state index in [1.165, 1.54) is 18.2 Å². The molecule has 0 aromatic heterocycles. The second-order valence-electron chi connectivity index (χ2n) is 10.9. The van der Waals surface area contributed by atoms with Gasteiger partial charge < -0.3 is 15.2 Å². The minimum absolute atomic E-state index is 0.102. The first kappa shape index (κ1) is 31.0. The van der Waals surface area contributed by atoms with Crippen LogP contribution in [0.2, 0.25) is 0 Å². The number of fused-ring (bicyclic) bond motifs is 1. The van der Waals surface area contributed by atoms with Gasteiger partial charge in [-0.25, -0.2) is 13.1 Å². The van der Waals surface area contributed by atoms with Gasteiger partial charge in [-0.1, -0.05) is 37.3 Å². The monoisotopic (exact) mass is 617 g/mol. The van der Waals surface area contributed by atoms with Gasteiger partial charge in [0.2, 0.25) is 15.9 Å². The molecule has 3 N–H and O–H groups in total. The summed E-state index contributed by atoms with van der Waals surface area (Å²) >= 11 is 0. The molecule has 1 aliphatic heterocycles. The van der Waals surface area contributed by atoms with Crippen molar-refractivity contribution < 1.29 is 36.2 Å². The van der Waals surface area contributed by atoms with Crippen LogP contribution in [-0.2, 0) is 34.2 Å². The van der Waals surface area contributed by atoms with Gasteiger partial charge in [0, 0.05) is 12.2 Å². The number of carbonyl (C=O) groups is 1. The number of carbonyl (C=O) groups excluding carboxylic acids is 1. The maximum atomic E-state index is 13.4. The minimum atomic E-state index is -4.79. The fourth-order valence-electron chi connectivity index (χ4n) is 5.76. The first-order chi connectivity index (χ1) is 20.4. The number of hydrogen-bond acceptors (Lipinski definition) is 6. The van der Waals surface area contributed by atoms with Crippen molar-refractivity contribution in [2.45, 2.75) is 75.0 Å². The predicted octanol–water partition coefficient (Wildman–Crippen LogP) is 5.08. The summed E-state index contributed by atoms with van der Waals surface area (Å²) in [7, 11) is -3.94. The van der Waals surface area contributed by atoms with E-state index in [9.17, 15) is 31.5 Å². The van der Waals surface area contributed by atoms with Crippen LogP contribution in [0.3, 0.4) is 0 Å². The van der Waals surface area contributed by atoms with Crippen LogP contribution in [-0.4, -0.2) is 49.4 Å². The first-order valence-corrected chi connectivity index (χ1v) is 15.7. The Balaban J connectivity index is 1.30. The van der Waals surface area contributed by atoms with Crippen molar-refractivity contribution in [3.8, 4) is 5.75 Å². The average molecular weight is 618 g/mol. The number of alkyl halides is 3. The topological polar surface area (TPSA) is 108 Å². The van der Waals surface area contributed by atoms with Gasteiger partial charge in [-0.3, -0.25) is 9.69 Å². The van der Waals surface area contributed by atoms with Gasteiger partial charge in [-0.15, -0.1) is 13.2 Å². The zero-order valence-corrected chi connectivity index (χ0v) is 24.4. The van der Waals surface area contributed by atoms with Crippen LogP contribution in [0.1, 0.15) is 54.5 Å². The van der Waals surface area contributed by atoms with Crippen molar-refractivity contribution in [1.82, 2.24) is 9.62 Å². The molecule has 43 heavy (non-hydrogen) atoms. The fraction of sp³-hybridized carbons (Fsp3) is 0.387. The summed E-state index contributed by atoms with van der Waals surface area (Å²) in [5, 5.41) is 13.7. The Morgan fingerprint density at radius 1 is 1.05 bits per heavy atom. The Hall–Kier alpha value is -3.45. The van der Waals surface area contributed by atoms with E-state index < -0.39 is 34.6 Å². The summed E-state index contributed by atoms with van der Waals surface area (Å²) in [6, 6.07) is 16.2. The van der Waals surface area contributed by atoms with Crippen molar-refractivity contribution in [2.24, 2.45) is 0 Å². The average Bonchev–Trinajstić information content (AvgIpc) is 3.42. The molecule has 3 aromatic carbocycles. The van der Waals surface area contributed by atoms with Crippen molar-refractivity contribution in [1.29, 1.82) is 0 Å². The number of aryl methyl sites for hydroxylation is 2. The van der Waals surface area contributed by atoms with Crippen molar-refractivity contribution in [2.75, 3.05) is 11.9 Å². The lowest BCUT2D eigenvalue weighted by atomic mass is 9.86. The van der Waals surface area contributed by atoms with Gasteiger partial charge in [-0.2, -0.15) is 0 Å². The van der Waals surface area contributed by atoms with Crippen molar-refractivity contribution in [3.05, 3.63) is 89.0 Å². The highest BCUT2D eigenvalue weighted by Gasteiger charge is 2.35. The van der Waals surface area contributed by atoms with Crippen LogP contribution in [0.5, 0.6) is 5.75 Å². The van der Waals surface area contributed by atoms with E-state index in [0.29, 0.717) is 42.6 Å². The molecule has 12 heteroatoms. The predicted molar refractivity (Wildman–Crippen MR) is 155 cm³/mol. The quantitative estimate of drug-likeness (QED) is 0.309. The third-order valence-corrected chi connectivity index (χ3v) is 9.41. The molecule has 1 saturated heterocycles. The fourth-order valence-corrected chi connectivity index (χ4v) is 7.01. The van der Waals surface area contributed by atoms with Gasteiger partial charge in [0.15, 0.2) is 0 Å². The SMILES string of the molecule is CCc1ccc(S(=O)(=O)N[C@@H]2c3cc(NC(=O)[C@H]4CCCN4Cc4cccc(OC(F)(F)F)c4)ccc3CC[C@H]2O)cc1. The smallest absolute Gasteiger partial charge is 0.406 e. The Morgan fingerprint density at radius 3 is 2.53 bits per heavy atom. The summed E-state index contributed by atoms with van der Waals surface area (Å²) < 4.78 is 71.1. The Morgan fingerprint density at radius 2 is 1.81 bits per heavy atom. The van der Waals surface area contributed by atoms with E-state index in [-0.39, 0.29) is 23.1 Å². The Kier molecular flexibility index (Phi) is 9.12. The molecule has 0 unspecified atom stereocenters. The molecule has 5 rings (SSSR count). The lowest BCUT2D eigenvalue weighted by molar-refractivity contribution is -0.274.